The average molecular weight is 1710 g/mol. The molecular weight excluding hydrogens is 1600 g/mol. The third-order valence-corrected chi connectivity index (χ3v) is 22.6. The number of aromatic hydroxyl groups is 1. The topological polar surface area (TPSA) is 556 Å². The van der Waals surface area contributed by atoms with E-state index in [9.17, 15) is 54.0 Å². The zero-order valence-corrected chi connectivity index (χ0v) is 69.3. The number of aliphatic hydroxyl groups is 2. The molecule has 23 N–H and O–H groups in total. The van der Waals surface area contributed by atoms with Gasteiger partial charge in [-0.15, -0.1) is 0 Å². The molecule has 2 fully saturated rings. The van der Waals surface area contributed by atoms with Gasteiger partial charge in [-0.1, -0.05) is 151 Å². The van der Waals surface area contributed by atoms with Crippen molar-refractivity contribution in [1.82, 2.24) is 79.4 Å². The maximum Gasteiger partial charge on any atom is 0.327 e. The Hall–Kier alpha value is -11.5. The average Bonchev–Trinajstić information content (AvgIpc) is 1.78. The van der Waals surface area contributed by atoms with E-state index in [-0.39, 0.29) is 108 Å². The van der Waals surface area contributed by atoms with Gasteiger partial charge in [0.25, 0.3) is 0 Å². The highest BCUT2D eigenvalue weighted by molar-refractivity contribution is 8.76. The first-order valence-electron chi connectivity index (χ1n) is 40.4. The van der Waals surface area contributed by atoms with Crippen LogP contribution in [0, 0.1) is 0 Å². The Morgan fingerprint density at radius 3 is 1.59 bits per heavy atom. The van der Waals surface area contributed by atoms with E-state index < -0.39 is 187 Å². The number of carbonyl (C=O) groups is 14. The second kappa shape index (κ2) is 48.7. The number of H-pyrrole nitrogens is 1. The summed E-state index contributed by atoms with van der Waals surface area (Å²) >= 11 is 0. The van der Waals surface area contributed by atoms with E-state index in [1.807, 2.05) is 13.8 Å². The quantitative estimate of drug-likeness (QED) is 0.0290. The molecule has 2 aliphatic heterocycles. The zero-order chi connectivity index (χ0) is 87.5. The monoisotopic (exact) mass is 1710 g/mol. The van der Waals surface area contributed by atoms with Gasteiger partial charge in [-0.05, 0) is 116 Å². The van der Waals surface area contributed by atoms with Crippen LogP contribution in [0.4, 0.5) is 0 Å². The number of aromatic nitrogens is 1. The van der Waals surface area contributed by atoms with E-state index in [1.54, 1.807) is 115 Å². The summed E-state index contributed by atoms with van der Waals surface area (Å²) in [5.74, 6) is -15.1. The Balaban J connectivity index is 1.27. The Bertz CT molecular complexity index is 4490. The number of aliphatic carboxylic acids is 1. The molecule has 8 rings (SSSR count). The number of aromatic amines is 1. The molecule has 6 aromatic rings. The maximum atomic E-state index is 15.7. The van der Waals surface area contributed by atoms with Gasteiger partial charge in [0.1, 0.15) is 72.2 Å². The standard InChI is InChI=1S/C84H111N17O18S2/c1-48(2)89-43-54-27-25-53(26-28-54)41-65-80(114)101-72(49(3)103)83(117)97-64(40-51-18-8-5-9-19-51)78(112)91-61-23-14-36-87-70(105)24-15-37-88-71(106)34-33-62(76(110)96-66(79(113)95-65)42-55-44-90-59-21-11-10-20-57(55)59)93-77(111)63(39-50-16-6-4-7-17-50)94-74(108)60(22-12-13-35-85)92-82(116)68(99-73(107)58(86)38-52-29-31-56(104)32-30-52)46-120-121-47-69(84(118)119)100-81(115)67(45-102)98-75(61)109/h4-11,16-21,25-32,44,48-49,58,60-69,72,89-90,102-104H,12-15,22-24,33-43,45-47,85-86H2,1-3H3,(H,87,105)(H,88,106)(H,91,112)(H,92,116)(H,93,111)(H,94,108)(H,95,113)(H,96,110)(H,97,117)(H,98,109)(H,99,107)(H,100,115)(H,101,114)(H,118,119)/t49-,58+,60+,61+,62+,63+,64+,65+,66-,67+,68+,69+,72-/m1/s1. The fraction of sp³-hybridized carbons (Fsp3) is 0.452. The van der Waals surface area contributed by atoms with Crippen LogP contribution in [0.15, 0.2) is 140 Å². The SMILES string of the molecule is CC(C)NCc1ccc(C[C@@H]2NC(=O)[C@@H](Cc3c[nH]c4ccccc34)NC(=O)[C@@H]3CCC(=O)NCCCC(=O)NCCC[C@H](NC(=O)[C@H](Cc4ccccc4)NC(=O)[C@@H]([C@@H](C)O)NC2=O)C(=O)N[C@@H](CO)C(=O)N[C@H](C(=O)O)CSSC[C@H](NC(=O)[C@@H](N)Cc2ccc(O)cc2)C(=O)N[C@@H](CCCCN)C(=O)N[C@@H](Cc2ccccc2)C(=O)N3)cc1. The van der Waals surface area contributed by atoms with Crippen LogP contribution in [0.5, 0.6) is 5.75 Å². The molecular formula is C84H111N17O18S2. The second-order valence-electron chi connectivity index (χ2n) is 30.2. The van der Waals surface area contributed by atoms with Gasteiger partial charge in [0, 0.05) is 92.8 Å². The minimum atomic E-state index is -1.92. The number of phenols is 1. The molecule has 2 aliphatic rings. The molecule has 0 saturated carbocycles. The van der Waals surface area contributed by atoms with Crippen molar-refractivity contribution in [3.05, 3.63) is 173 Å². The first-order chi connectivity index (χ1) is 58.0. The van der Waals surface area contributed by atoms with E-state index in [0.717, 1.165) is 27.2 Å². The summed E-state index contributed by atoms with van der Waals surface area (Å²) in [7, 11) is 1.65. The number of nitrogens with one attached hydrogen (secondary N) is 15. The van der Waals surface area contributed by atoms with Gasteiger partial charge >= 0.3 is 5.97 Å². The van der Waals surface area contributed by atoms with Crippen LogP contribution >= 0.6 is 21.6 Å². The number of carbonyl (C=O) groups excluding carboxylic acids is 13. The lowest BCUT2D eigenvalue weighted by molar-refractivity contribution is -0.142. The minimum Gasteiger partial charge on any atom is -0.508 e. The third-order valence-electron chi connectivity index (χ3n) is 20.2. The van der Waals surface area contributed by atoms with Crippen molar-refractivity contribution < 1.29 is 87.5 Å². The zero-order valence-electron chi connectivity index (χ0n) is 67.7. The van der Waals surface area contributed by atoms with Crippen molar-refractivity contribution >= 4 is 115 Å². The Kier molecular flexibility index (Phi) is 38.2. The van der Waals surface area contributed by atoms with Gasteiger partial charge < -0.3 is 111 Å². The Morgan fingerprint density at radius 2 is 0.992 bits per heavy atom. The highest BCUT2D eigenvalue weighted by atomic mass is 33.1. The number of unbranched alkanes of at least 4 members (excludes halogenated alkanes) is 1. The van der Waals surface area contributed by atoms with Crippen molar-refractivity contribution in [2.24, 2.45) is 11.5 Å². The number of aliphatic hydroxyl groups excluding tert-OH is 2. The van der Waals surface area contributed by atoms with Crippen molar-refractivity contribution in [2.75, 3.05) is 37.7 Å². The summed E-state index contributed by atoms with van der Waals surface area (Å²) in [6.45, 7) is 4.36. The second-order valence-corrected chi connectivity index (χ2v) is 32.7. The molecule has 5 aromatic carbocycles. The van der Waals surface area contributed by atoms with E-state index in [1.165, 1.54) is 31.2 Å². The lowest BCUT2D eigenvalue weighted by Crippen LogP contribution is -2.63. The van der Waals surface area contributed by atoms with Crippen molar-refractivity contribution in [1.29, 1.82) is 0 Å². The Morgan fingerprint density at radius 1 is 0.504 bits per heavy atom. The van der Waals surface area contributed by atoms with Gasteiger partial charge in [0.05, 0.1) is 18.8 Å². The van der Waals surface area contributed by atoms with Crippen LogP contribution < -0.4 is 85.9 Å². The number of hydrogen-bond acceptors (Lipinski definition) is 22. The largest absolute Gasteiger partial charge is 0.508 e. The van der Waals surface area contributed by atoms with Crippen molar-refractivity contribution in [3.8, 4) is 5.75 Å². The van der Waals surface area contributed by atoms with Crippen LogP contribution in [0.1, 0.15) is 112 Å². The van der Waals surface area contributed by atoms with Crippen LogP contribution in [0.3, 0.4) is 0 Å². The number of carboxylic acids is 1. The summed E-state index contributed by atoms with van der Waals surface area (Å²) < 4.78 is 0. The first-order valence-corrected chi connectivity index (χ1v) is 42.8. The van der Waals surface area contributed by atoms with Gasteiger partial charge in [0.2, 0.25) is 76.8 Å². The number of hydrogen-bond donors (Lipinski definition) is 21. The fourth-order valence-electron chi connectivity index (χ4n) is 13.3. The number of para-hydroxylation sites is 1. The molecule has 0 spiro atoms. The van der Waals surface area contributed by atoms with E-state index >= 15 is 33.6 Å². The predicted octanol–water partition coefficient (Wildman–Crippen LogP) is -0.887. The molecule has 3 heterocycles. The number of benzene rings is 5. The molecule has 37 heteroatoms. The molecule has 13 atom stereocenters. The van der Waals surface area contributed by atoms with E-state index in [2.05, 4.69) is 79.4 Å². The summed E-state index contributed by atoms with van der Waals surface area (Å²) in [4.78, 5) is 209. The Labute approximate surface area is 708 Å². The van der Waals surface area contributed by atoms with Crippen LogP contribution in [-0.2, 0) is 106 Å². The normalized spacial score (nSPS) is 23.4. The number of nitrogens with two attached hydrogens (primary N) is 2. The summed E-state index contributed by atoms with van der Waals surface area (Å²) in [6, 6.07) is 16.6. The van der Waals surface area contributed by atoms with Crippen molar-refractivity contribution in [2.45, 2.75) is 202 Å². The molecule has 2 saturated heterocycles. The number of rotatable bonds is 22. The fourth-order valence-corrected chi connectivity index (χ4v) is 15.6. The number of phenolic OH excluding ortho intramolecular Hbond substituents is 1. The summed E-state index contributed by atoms with van der Waals surface area (Å²) in [5, 5.41) is 81.2. The molecule has 652 valence electrons. The van der Waals surface area contributed by atoms with Gasteiger partial charge in [-0.2, -0.15) is 0 Å². The molecule has 13 amide bonds. The lowest BCUT2D eigenvalue weighted by atomic mass is 9.99. The summed E-state index contributed by atoms with van der Waals surface area (Å²) in [5.41, 5.74) is 16.3. The van der Waals surface area contributed by atoms with Crippen LogP contribution in [-0.4, -0.2) is 231 Å². The number of carboxylic acid groups (broad SMARTS) is 1. The molecule has 35 nitrogen and oxygen atoms in total. The lowest BCUT2D eigenvalue weighted by Gasteiger charge is -2.29. The third kappa shape index (κ3) is 31.2. The van der Waals surface area contributed by atoms with E-state index in [4.69, 9.17) is 11.5 Å². The first kappa shape index (κ1) is 95.0. The van der Waals surface area contributed by atoms with Crippen LogP contribution in [0.25, 0.3) is 10.9 Å². The van der Waals surface area contributed by atoms with Gasteiger partial charge in [-0.25, -0.2) is 4.79 Å². The van der Waals surface area contributed by atoms with Crippen molar-refractivity contribution in [3.63, 3.8) is 0 Å². The van der Waals surface area contributed by atoms with Gasteiger partial charge in [-0.3, -0.25) is 62.3 Å². The van der Waals surface area contributed by atoms with Crippen LogP contribution in [0.2, 0.25) is 0 Å². The minimum absolute atomic E-state index is 0.0550. The molecule has 0 radical (unpaired) electrons. The smallest absolute Gasteiger partial charge is 0.327 e. The molecule has 2 bridgehead atoms. The predicted molar refractivity (Wildman–Crippen MR) is 453 cm³/mol. The molecule has 1 aromatic heterocycles. The summed E-state index contributed by atoms with van der Waals surface area (Å²) in [6.07, 6.45) is -2.45. The van der Waals surface area contributed by atoms with E-state index in [0.29, 0.717) is 51.7 Å². The maximum absolute atomic E-state index is 15.7. The molecule has 0 aliphatic carbocycles. The number of amides is 13. The number of fused-ring (bicyclic) bond motifs is 14. The molecule has 121 heavy (non-hydrogen) atoms. The highest BCUT2D eigenvalue weighted by Crippen LogP contribution is 2.25. The van der Waals surface area contributed by atoms with Gasteiger partial charge in [0.15, 0.2) is 0 Å². The highest BCUT2D eigenvalue weighted by Gasteiger charge is 2.39. The molecule has 0 unspecified atom stereocenters.